The predicted octanol–water partition coefficient (Wildman–Crippen LogP) is 2.84. The van der Waals surface area contributed by atoms with Gasteiger partial charge in [0.25, 0.3) is 5.56 Å². The highest BCUT2D eigenvalue weighted by molar-refractivity contribution is 7.13. The zero-order valence-electron chi connectivity index (χ0n) is 15.1. The number of fused-ring (bicyclic) bond motifs is 1. The molecular weight excluding hydrogens is 372 g/mol. The number of rotatable bonds is 4. The van der Waals surface area contributed by atoms with Gasteiger partial charge >= 0.3 is 0 Å². The molecule has 28 heavy (non-hydrogen) atoms. The van der Waals surface area contributed by atoms with Crippen LogP contribution in [0.1, 0.15) is 16.8 Å². The van der Waals surface area contributed by atoms with E-state index in [0.717, 1.165) is 42.0 Å². The second-order valence-corrected chi connectivity index (χ2v) is 7.71. The summed E-state index contributed by atoms with van der Waals surface area (Å²) < 4.78 is 0. The Labute approximate surface area is 165 Å². The summed E-state index contributed by atoms with van der Waals surface area (Å²) in [5.74, 6) is 0.535. The maximum absolute atomic E-state index is 12.7. The van der Waals surface area contributed by atoms with Crippen LogP contribution in [-0.4, -0.2) is 36.6 Å². The fraction of sp³-hybridized carbons (Fsp3) is 0.200. The third-order valence-electron chi connectivity index (χ3n) is 4.93. The van der Waals surface area contributed by atoms with E-state index in [-0.39, 0.29) is 5.56 Å². The van der Waals surface area contributed by atoms with Gasteiger partial charge in [-0.25, -0.2) is 4.98 Å². The Hall–Kier alpha value is -3.10. The lowest BCUT2D eigenvalue weighted by molar-refractivity contribution is 0.242. The van der Waals surface area contributed by atoms with Crippen LogP contribution >= 0.6 is 11.3 Å². The number of nitrogens with one attached hydrogen (secondary N) is 2. The van der Waals surface area contributed by atoms with E-state index in [1.807, 2.05) is 30.5 Å². The number of H-pyrrole nitrogens is 2. The highest BCUT2D eigenvalue weighted by atomic mass is 32.1. The van der Waals surface area contributed by atoms with Crippen molar-refractivity contribution in [2.45, 2.75) is 19.5 Å². The Morgan fingerprint density at radius 3 is 3.00 bits per heavy atom. The van der Waals surface area contributed by atoms with Gasteiger partial charge in [-0.2, -0.15) is 5.10 Å². The molecular formula is C20H18N6OS. The number of hydrogen-bond donors (Lipinski definition) is 2. The van der Waals surface area contributed by atoms with Gasteiger partial charge in [-0.3, -0.25) is 19.8 Å². The summed E-state index contributed by atoms with van der Waals surface area (Å²) in [7, 11) is 0. The van der Waals surface area contributed by atoms with Crippen LogP contribution in [0.25, 0.3) is 22.1 Å². The van der Waals surface area contributed by atoms with Crippen LogP contribution in [0.5, 0.6) is 0 Å². The quantitative estimate of drug-likeness (QED) is 0.559. The van der Waals surface area contributed by atoms with Crippen molar-refractivity contribution in [2.24, 2.45) is 0 Å². The normalized spacial score (nSPS) is 14.1. The van der Waals surface area contributed by atoms with Gasteiger partial charge in [0.1, 0.15) is 5.69 Å². The van der Waals surface area contributed by atoms with E-state index in [1.54, 1.807) is 17.5 Å². The van der Waals surface area contributed by atoms with Crippen molar-refractivity contribution in [3.05, 3.63) is 75.3 Å². The van der Waals surface area contributed by atoms with E-state index in [0.29, 0.717) is 18.1 Å². The van der Waals surface area contributed by atoms with Crippen LogP contribution in [0.2, 0.25) is 0 Å². The SMILES string of the molecule is O=c1[nH]c(-c2ccccn2)nc2c1CN(Cc1cn[nH]c1-c1cccs1)CC2. The van der Waals surface area contributed by atoms with E-state index in [4.69, 9.17) is 0 Å². The summed E-state index contributed by atoms with van der Waals surface area (Å²) >= 11 is 1.69. The molecule has 0 saturated heterocycles. The fourth-order valence-corrected chi connectivity index (χ4v) is 4.30. The minimum atomic E-state index is -0.0824. The number of pyridine rings is 1. The van der Waals surface area contributed by atoms with Crippen molar-refractivity contribution in [3.63, 3.8) is 0 Å². The molecule has 0 bridgehead atoms. The van der Waals surface area contributed by atoms with Crippen LogP contribution in [0.15, 0.2) is 52.9 Å². The molecule has 4 aromatic heterocycles. The van der Waals surface area contributed by atoms with Crippen molar-refractivity contribution in [3.8, 4) is 22.1 Å². The van der Waals surface area contributed by atoms with Crippen LogP contribution < -0.4 is 5.56 Å². The van der Waals surface area contributed by atoms with Crippen LogP contribution in [0, 0.1) is 0 Å². The zero-order chi connectivity index (χ0) is 18.9. The molecule has 0 fully saturated rings. The minimum Gasteiger partial charge on any atom is -0.305 e. The topological polar surface area (TPSA) is 90.6 Å². The van der Waals surface area contributed by atoms with Crippen molar-refractivity contribution in [1.29, 1.82) is 0 Å². The maximum atomic E-state index is 12.7. The van der Waals surface area contributed by atoms with Crippen LogP contribution in [-0.2, 0) is 19.5 Å². The molecule has 1 aliphatic rings. The third kappa shape index (κ3) is 3.17. The number of hydrogen-bond acceptors (Lipinski definition) is 6. The third-order valence-corrected chi connectivity index (χ3v) is 5.82. The summed E-state index contributed by atoms with van der Waals surface area (Å²) in [6.07, 6.45) is 4.31. The first-order valence-electron chi connectivity index (χ1n) is 9.10. The van der Waals surface area contributed by atoms with E-state index in [2.05, 4.69) is 41.5 Å². The van der Waals surface area contributed by atoms with Gasteiger partial charge in [0, 0.05) is 37.8 Å². The molecule has 140 valence electrons. The van der Waals surface area contributed by atoms with Crippen LogP contribution in [0.4, 0.5) is 0 Å². The fourth-order valence-electron chi connectivity index (χ4n) is 3.55. The van der Waals surface area contributed by atoms with Gasteiger partial charge in [-0.1, -0.05) is 12.1 Å². The lowest BCUT2D eigenvalue weighted by atomic mass is 10.1. The van der Waals surface area contributed by atoms with Crippen molar-refractivity contribution >= 4 is 11.3 Å². The summed E-state index contributed by atoms with van der Waals surface area (Å²) in [5, 5.41) is 9.38. The molecule has 4 aromatic rings. The summed E-state index contributed by atoms with van der Waals surface area (Å²) in [5.41, 5.74) is 4.40. The highest BCUT2D eigenvalue weighted by Gasteiger charge is 2.23. The molecule has 0 unspecified atom stereocenters. The molecule has 0 saturated carbocycles. The average molecular weight is 390 g/mol. The molecule has 0 radical (unpaired) electrons. The Balaban J connectivity index is 1.39. The van der Waals surface area contributed by atoms with E-state index in [1.165, 1.54) is 4.88 Å². The number of aromatic amines is 2. The van der Waals surface area contributed by atoms with Crippen molar-refractivity contribution in [1.82, 2.24) is 30.0 Å². The smallest absolute Gasteiger partial charge is 0.255 e. The molecule has 2 N–H and O–H groups in total. The standard InChI is InChI=1S/C20H18N6OS/c27-20-14-12-26(11-13-10-22-25-18(13)17-5-3-9-28-17)8-6-15(14)23-19(24-20)16-4-1-2-7-21-16/h1-5,7,9-10H,6,8,11-12H2,(H,22,25)(H,23,24,27). The average Bonchev–Trinajstić information content (AvgIpc) is 3.40. The van der Waals surface area contributed by atoms with E-state index < -0.39 is 0 Å². The summed E-state index contributed by atoms with van der Waals surface area (Å²) in [6.45, 7) is 2.17. The molecule has 0 atom stereocenters. The Bertz CT molecular complexity index is 1150. The van der Waals surface area contributed by atoms with Crippen molar-refractivity contribution < 1.29 is 0 Å². The van der Waals surface area contributed by atoms with Gasteiger partial charge in [0.15, 0.2) is 5.82 Å². The summed E-state index contributed by atoms with van der Waals surface area (Å²) in [6, 6.07) is 9.70. The Morgan fingerprint density at radius 1 is 1.21 bits per heavy atom. The Morgan fingerprint density at radius 2 is 2.18 bits per heavy atom. The van der Waals surface area contributed by atoms with Crippen molar-refractivity contribution in [2.75, 3.05) is 6.54 Å². The zero-order valence-corrected chi connectivity index (χ0v) is 15.9. The molecule has 7 nitrogen and oxygen atoms in total. The number of aromatic nitrogens is 5. The minimum absolute atomic E-state index is 0.0824. The second-order valence-electron chi connectivity index (χ2n) is 6.76. The first kappa shape index (κ1) is 17.0. The first-order chi connectivity index (χ1) is 13.8. The molecule has 0 spiro atoms. The van der Waals surface area contributed by atoms with Gasteiger partial charge in [0.2, 0.25) is 0 Å². The lowest BCUT2D eigenvalue weighted by Gasteiger charge is -2.27. The molecule has 5 heterocycles. The maximum Gasteiger partial charge on any atom is 0.255 e. The molecule has 0 amide bonds. The molecule has 1 aliphatic heterocycles. The van der Waals surface area contributed by atoms with Gasteiger partial charge in [0.05, 0.1) is 28.0 Å². The van der Waals surface area contributed by atoms with Gasteiger partial charge < -0.3 is 4.98 Å². The number of thiophene rings is 1. The number of nitrogens with zero attached hydrogens (tertiary/aromatic N) is 4. The summed E-state index contributed by atoms with van der Waals surface area (Å²) in [4.78, 5) is 28.0. The van der Waals surface area contributed by atoms with Gasteiger partial charge in [-0.15, -0.1) is 11.3 Å². The van der Waals surface area contributed by atoms with Crippen LogP contribution in [0.3, 0.4) is 0 Å². The molecule has 5 rings (SSSR count). The Kier molecular flexibility index (Phi) is 4.34. The predicted molar refractivity (Wildman–Crippen MR) is 108 cm³/mol. The largest absolute Gasteiger partial charge is 0.305 e. The molecule has 0 aromatic carbocycles. The van der Waals surface area contributed by atoms with E-state index in [9.17, 15) is 4.79 Å². The first-order valence-corrected chi connectivity index (χ1v) is 9.98. The highest BCUT2D eigenvalue weighted by Crippen LogP contribution is 2.27. The molecule has 8 heteroatoms. The molecule has 0 aliphatic carbocycles. The van der Waals surface area contributed by atoms with E-state index >= 15 is 0 Å². The lowest BCUT2D eigenvalue weighted by Crippen LogP contribution is -2.35. The van der Waals surface area contributed by atoms with Gasteiger partial charge in [-0.05, 0) is 23.6 Å². The second kappa shape index (κ2) is 7.14. The monoisotopic (exact) mass is 390 g/mol.